The number of aryl methyl sites for hydroxylation is 1. The maximum absolute atomic E-state index is 12.5. The van der Waals surface area contributed by atoms with E-state index in [1.165, 1.54) is 17.4 Å². The third-order valence-corrected chi connectivity index (χ3v) is 4.36. The lowest BCUT2D eigenvalue weighted by Gasteiger charge is -2.29. The van der Waals surface area contributed by atoms with E-state index in [-0.39, 0.29) is 17.7 Å². The second-order valence-corrected chi connectivity index (χ2v) is 6.08. The number of amides is 2. The summed E-state index contributed by atoms with van der Waals surface area (Å²) in [6.45, 7) is 3.20. The van der Waals surface area contributed by atoms with Gasteiger partial charge in [-0.1, -0.05) is 13.0 Å². The Morgan fingerprint density at radius 2 is 2.12 bits per heavy atom. The molecule has 0 saturated heterocycles. The van der Waals surface area contributed by atoms with E-state index in [1.54, 1.807) is 13.2 Å². The van der Waals surface area contributed by atoms with Gasteiger partial charge in [0.1, 0.15) is 5.56 Å². The molecule has 1 N–H and O–H groups in total. The fraction of sp³-hybridized carbons (Fsp3) is 0.389. The van der Waals surface area contributed by atoms with E-state index < -0.39 is 0 Å². The molecule has 0 radical (unpaired) electrons. The van der Waals surface area contributed by atoms with Gasteiger partial charge in [0.05, 0.1) is 7.11 Å². The van der Waals surface area contributed by atoms with Crippen LogP contribution in [-0.2, 0) is 24.8 Å². The smallest absolute Gasteiger partial charge is 0.262 e. The first kappa shape index (κ1) is 17.0. The number of rotatable bonds is 4. The van der Waals surface area contributed by atoms with Crippen LogP contribution in [-0.4, -0.2) is 40.1 Å². The molecule has 7 heteroatoms. The summed E-state index contributed by atoms with van der Waals surface area (Å²) >= 11 is 0. The quantitative estimate of drug-likeness (QED) is 0.922. The molecule has 132 valence electrons. The van der Waals surface area contributed by atoms with Crippen LogP contribution in [0.4, 0.5) is 5.69 Å². The lowest BCUT2D eigenvalue weighted by atomic mass is 9.98. The fourth-order valence-electron chi connectivity index (χ4n) is 3.04. The number of methoxy groups -OCH3 is 1. The molecule has 0 fully saturated rings. The summed E-state index contributed by atoms with van der Waals surface area (Å²) in [6.07, 6.45) is 2.96. The molecule has 1 aliphatic heterocycles. The van der Waals surface area contributed by atoms with E-state index >= 15 is 0 Å². The third kappa shape index (κ3) is 3.50. The van der Waals surface area contributed by atoms with Crippen LogP contribution in [0.25, 0.3) is 0 Å². The zero-order valence-electron chi connectivity index (χ0n) is 14.7. The number of carbonyl (C=O) groups excluding carboxylic acids is 2. The minimum absolute atomic E-state index is 0.153. The van der Waals surface area contributed by atoms with Crippen LogP contribution in [0.3, 0.4) is 0 Å². The highest BCUT2D eigenvalue weighted by molar-refractivity contribution is 6.05. The van der Waals surface area contributed by atoms with Crippen LogP contribution in [0, 0.1) is 0 Å². The van der Waals surface area contributed by atoms with Crippen molar-refractivity contribution < 1.29 is 14.3 Å². The monoisotopic (exact) mass is 342 g/mol. The zero-order valence-corrected chi connectivity index (χ0v) is 14.7. The average Bonchev–Trinajstić information content (AvgIpc) is 3.01. The molecular formula is C18H22N4O3. The molecule has 0 spiro atoms. The standard InChI is InChI=1S/C18H22N4O3/c1-4-16(23)22-8-7-12-5-6-14(9-13(12)10-22)19-17(24)15-11-21(2)20-18(15)25-3/h5-6,9,11H,4,7-8,10H2,1-3H3,(H,19,24). The van der Waals surface area contributed by atoms with Crippen LogP contribution >= 0.6 is 0 Å². The van der Waals surface area contributed by atoms with E-state index in [4.69, 9.17) is 4.74 Å². The summed E-state index contributed by atoms with van der Waals surface area (Å²) in [5, 5.41) is 6.97. The number of carbonyl (C=O) groups is 2. The van der Waals surface area contributed by atoms with Gasteiger partial charge in [0.25, 0.3) is 5.91 Å². The SMILES string of the molecule is CCC(=O)N1CCc2ccc(NC(=O)c3cn(C)nc3OC)cc2C1. The molecule has 0 aliphatic carbocycles. The molecule has 0 unspecified atom stereocenters. The van der Waals surface area contributed by atoms with Gasteiger partial charge in [0.15, 0.2) is 0 Å². The van der Waals surface area contributed by atoms with Gasteiger partial charge < -0.3 is 15.0 Å². The second kappa shape index (κ2) is 6.96. The van der Waals surface area contributed by atoms with Crippen molar-refractivity contribution in [3.8, 4) is 5.88 Å². The number of hydrogen-bond donors (Lipinski definition) is 1. The van der Waals surface area contributed by atoms with Crippen LogP contribution in [0.1, 0.15) is 34.8 Å². The van der Waals surface area contributed by atoms with Crippen molar-refractivity contribution in [3.05, 3.63) is 41.1 Å². The minimum atomic E-state index is -0.276. The highest BCUT2D eigenvalue weighted by Crippen LogP contribution is 2.24. The number of nitrogens with one attached hydrogen (secondary N) is 1. The minimum Gasteiger partial charge on any atom is -0.479 e. The Hall–Kier alpha value is -2.83. The Labute approximate surface area is 146 Å². The molecule has 0 bridgehead atoms. The number of fused-ring (bicyclic) bond motifs is 1. The van der Waals surface area contributed by atoms with Gasteiger partial charge in [-0.05, 0) is 29.7 Å². The van der Waals surface area contributed by atoms with Gasteiger partial charge in [-0.15, -0.1) is 5.10 Å². The topological polar surface area (TPSA) is 76.5 Å². The molecule has 2 heterocycles. The summed E-state index contributed by atoms with van der Waals surface area (Å²) < 4.78 is 6.67. The fourth-order valence-corrected chi connectivity index (χ4v) is 3.04. The molecule has 0 saturated carbocycles. The van der Waals surface area contributed by atoms with Crippen molar-refractivity contribution in [2.75, 3.05) is 19.0 Å². The van der Waals surface area contributed by atoms with Gasteiger partial charge in [-0.2, -0.15) is 0 Å². The third-order valence-electron chi connectivity index (χ3n) is 4.36. The number of benzene rings is 1. The van der Waals surface area contributed by atoms with E-state index in [2.05, 4.69) is 10.4 Å². The van der Waals surface area contributed by atoms with Crippen LogP contribution in [0.15, 0.2) is 24.4 Å². The molecule has 3 rings (SSSR count). The Morgan fingerprint density at radius 3 is 2.84 bits per heavy atom. The predicted octanol–water partition coefficient (Wildman–Crippen LogP) is 1.98. The highest BCUT2D eigenvalue weighted by Gasteiger charge is 2.21. The predicted molar refractivity (Wildman–Crippen MR) is 93.6 cm³/mol. The van der Waals surface area contributed by atoms with E-state index in [1.807, 2.05) is 30.0 Å². The normalized spacial score (nSPS) is 13.3. The summed E-state index contributed by atoms with van der Waals surface area (Å²) in [4.78, 5) is 26.3. The molecule has 1 aliphatic rings. The van der Waals surface area contributed by atoms with Gasteiger partial charge >= 0.3 is 0 Å². The highest BCUT2D eigenvalue weighted by atomic mass is 16.5. The molecule has 2 aromatic rings. The van der Waals surface area contributed by atoms with Crippen molar-refractivity contribution in [1.82, 2.24) is 14.7 Å². The Balaban J connectivity index is 1.78. The van der Waals surface area contributed by atoms with E-state index in [0.29, 0.717) is 24.2 Å². The van der Waals surface area contributed by atoms with Crippen molar-refractivity contribution in [3.63, 3.8) is 0 Å². The molecule has 7 nitrogen and oxygen atoms in total. The number of ether oxygens (including phenoxy) is 1. The lowest BCUT2D eigenvalue weighted by Crippen LogP contribution is -2.35. The molecule has 25 heavy (non-hydrogen) atoms. The molecule has 1 aromatic carbocycles. The van der Waals surface area contributed by atoms with Gasteiger partial charge in [-0.25, -0.2) is 0 Å². The average molecular weight is 342 g/mol. The maximum Gasteiger partial charge on any atom is 0.262 e. The molecule has 2 amide bonds. The maximum atomic E-state index is 12.5. The summed E-state index contributed by atoms with van der Waals surface area (Å²) in [6, 6.07) is 5.83. The van der Waals surface area contributed by atoms with Crippen molar-refractivity contribution in [1.29, 1.82) is 0 Å². The Kier molecular flexibility index (Phi) is 4.74. The van der Waals surface area contributed by atoms with Crippen molar-refractivity contribution in [2.24, 2.45) is 7.05 Å². The number of nitrogens with zero attached hydrogens (tertiary/aromatic N) is 3. The second-order valence-electron chi connectivity index (χ2n) is 6.08. The number of anilines is 1. The van der Waals surface area contributed by atoms with Crippen LogP contribution in [0.5, 0.6) is 5.88 Å². The zero-order chi connectivity index (χ0) is 18.0. The van der Waals surface area contributed by atoms with Crippen LogP contribution in [0.2, 0.25) is 0 Å². The first-order valence-electron chi connectivity index (χ1n) is 8.30. The van der Waals surface area contributed by atoms with Gasteiger partial charge in [-0.3, -0.25) is 14.3 Å². The number of hydrogen-bond acceptors (Lipinski definition) is 4. The van der Waals surface area contributed by atoms with E-state index in [9.17, 15) is 9.59 Å². The van der Waals surface area contributed by atoms with Crippen LogP contribution < -0.4 is 10.1 Å². The Bertz CT molecular complexity index is 813. The largest absolute Gasteiger partial charge is 0.479 e. The summed E-state index contributed by atoms with van der Waals surface area (Å²) in [5.74, 6) is 0.167. The molecule has 1 aromatic heterocycles. The van der Waals surface area contributed by atoms with Crippen molar-refractivity contribution >= 4 is 17.5 Å². The van der Waals surface area contributed by atoms with Gasteiger partial charge in [0, 0.05) is 38.4 Å². The van der Waals surface area contributed by atoms with Gasteiger partial charge in [0.2, 0.25) is 11.8 Å². The summed E-state index contributed by atoms with van der Waals surface area (Å²) in [5.41, 5.74) is 3.37. The molecular weight excluding hydrogens is 320 g/mol. The first-order chi connectivity index (χ1) is 12.0. The number of aromatic nitrogens is 2. The summed E-state index contributed by atoms with van der Waals surface area (Å²) in [7, 11) is 3.22. The van der Waals surface area contributed by atoms with E-state index in [0.717, 1.165) is 18.5 Å². The molecule has 0 atom stereocenters. The first-order valence-corrected chi connectivity index (χ1v) is 8.30. The van der Waals surface area contributed by atoms with Crippen molar-refractivity contribution in [2.45, 2.75) is 26.3 Å². The Morgan fingerprint density at radius 1 is 1.32 bits per heavy atom. The lowest BCUT2D eigenvalue weighted by molar-refractivity contribution is -0.131.